The molecule has 0 amide bonds. The molecule has 0 bridgehead atoms. The molecule has 0 radical (unpaired) electrons. The number of pyridine rings is 1. The van der Waals surface area contributed by atoms with Gasteiger partial charge in [-0.1, -0.05) is 30.3 Å². The van der Waals surface area contributed by atoms with Crippen LogP contribution in [0.5, 0.6) is 0 Å². The fraction of sp³-hybridized carbons (Fsp3) is 0.158. The van der Waals surface area contributed by atoms with Crippen molar-refractivity contribution in [3.05, 3.63) is 65.9 Å². The predicted octanol–water partition coefficient (Wildman–Crippen LogP) is 4.48. The van der Waals surface area contributed by atoms with Crippen molar-refractivity contribution in [3.8, 4) is 11.1 Å². The third-order valence-corrected chi connectivity index (χ3v) is 4.26. The highest BCUT2D eigenvalue weighted by Gasteiger charge is 2.26. The van der Waals surface area contributed by atoms with Gasteiger partial charge in [0.25, 0.3) is 0 Å². The SMILES string of the molecule is O=C(O)c1ccc(-c2ccnc3c(C4CC4)cccc23)cc1. The van der Waals surface area contributed by atoms with E-state index >= 15 is 0 Å². The summed E-state index contributed by atoms with van der Waals surface area (Å²) in [5, 5.41) is 10.1. The number of aromatic nitrogens is 1. The van der Waals surface area contributed by atoms with E-state index in [0.717, 1.165) is 22.0 Å². The van der Waals surface area contributed by atoms with Crippen molar-refractivity contribution in [2.45, 2.75) is 18.8 Å². The summed E-state index contributed by atoms with van der Waals surface area (Å²) in [5.74, 6) is -0.247. The molecule has 1 aromatic heterocycles. The number of fused-ring (bicyclic) bond motifs is 1. The van der Waals surface area contributed by atoms with Crippen molar-refractivity contribution in [1.82, 2.24) is 4.98 Å². The number of para-hydroxylation sites is 1. The van der Waals surface area contributed by atoms with Crippen molar-refractivity contribution in [2.75, 3.05) is 0 Å². The smallest absolute Gasteiger partial charge is 0.335 e. The number of carboxylic acids is 1. The second-order valence-electron chi connectivity index (χ2n) is 5.76. The molecular weight excluding hydrogens is 274 g/mol. The third kappa shape index (κ3) is 2.15. The van der Waals surface area contributed by atoms with Crippen LogP contribution in [-0.2, 0) is 0 Å². The normalized spacial score (nSPS) is 14.2. The molecule has 4 rings (SSSR count). The Hall–Kier alpha value is -2.68. The molecule has 1 N–H and O–H groups in total. The number of benzene rings is 2. The monoisotopic (exact) mass is 289 g/mol. The average Bonchev–Trinajstić information content (AvgIpc) is 3.38. The van der Waals surface area contributed by atoms with E-state index in [1.807, 2.05) is 24.4 Å². The summed E-state index contributed by atoms with van der Waals surface area (Å²) in [5.41, 5.74) is 4.84. The lowest BCUT2D eigenvalue weighted by molar-refractivity contribution is 0.0697. The fourth-order valence-corrected chi connectivity index (χ4v) is 2.97. The molecule has 0 unspecified atom stereocenters. The minimum absolute atomic E-state index is 0.306. The van der Waals surface area contributed by atoms with Crippen molar-refractivity contribution in [2.24, 2.45) is 0 Å². The van der Waals surface area contributed by atoms with E-state index in [1.54, 1.807) is 12.1 Å². The molecule has 0 saturated heterocycles. The quantitative estimate of drug-likeness (QED) is 0.773. The average molecular weight is 289 g/mol. The summed E-state index contributed by atoms with van der Waals surface area (Å²) in [7, 11) is 0. The molecule has 3 nitrogen and oxygen atoms in total. The molecule has 1 saturated carbocycles. The van der Waals surface area contributed by atoms with Crippen molar-refractivity contribution in [1.29, 1.82) is 0 Å². The number of carboxylic acid groups (broad SMARTS) is 1. The van der Waals surface area contributed by atoms with Crippen LogP contribution in [0.4, 0.5) is 0 Å². The number of hydrogen-bond acceptors (Lipinski definition) is 2. The minimum Gasteiger partial charge on any atom is -0.478 e. The first-order valence-electron chi connectivity index (χ1n) is 7.45. The summed E-state index contributed by atoms with van der Waals surface area (Å²) in [6, 6.07) is 15.4. The van der Waals surface area contributed by atoms with Gasteiger partial charge >= 0.3 is 5.97 Å². The molecule has 0 aliphatic heterocycles. The first-order chi connectivity index (χ1) is 10.7. The number of hydrogen-bond donors (Lipinski definition) is 1. The third-order valence-electron chi connectivity index (χ3n) is 4.26. The van der Waals surface area contributed by atoms with Crippen molar-refractivity contribution < 1.29 is 9.90 Å². The number of carbonyl (C=O) groups is 1. The Kier molecular flexibility index (Phi) is 2.93. The summed E-state index contributed by atoms with van der Waals surface area (Å²) in [4.78, 5) is 15.6. The van der Waals surface area contributed by atoms with Crippen molar-refractivity contribution in [3.63, 3.8) is 0 Å². The first-order valence-corrected chi connectivity index (χ1v) is 7.45. The highest BCUT2D eigenvalue weighted by molar-refractivity contribution is 5.97. The summed E-state index contributed by atoms with van der Waals surface area (Å²) in [6.45, 7) is 0. The number of nitrogens with zero attached hydrogens (tertiary/aromatic N) is 1. The van der Waals surface area contributed by atoms with E-state index in [4.69, 9.17) is 5.11 Å². The van der Waals surface area contributed by atoms with Gasteiger partial charge in [-0.2, -0.15) is 0 Å². The van der Waals surface area contributed by atoms with E-state index < -0.39 is 5.97 Å². The van der Waals surface area contributed by atoms with Gasteiger partial charge < -0.3 is 5.11 Å². The Morgan fingerprint density at radius 3 is 2.50 bits per heavy atom. The maximum absolute atomic E-state index is 11.0. The molecule has 1 aliphatic carbocycles. The predicted molar refractivity (Wildman–Crippen MR) is 86.1 cm³/mol. The van der Waals surface area contributed by atoms with Crippen LogP contribution in [-0.4, -0.2) is 16.1 Å². The fourth-order valence-electron chi connectivity index (χ4n) is 2.97. The Morgan fingerprint density at radius 2 is 1.82 bits per heavy atom. The second-order valence-corrected chi connectivity index (χ2v) is 5.76. The van der Waals surface area contributed by atoms with Gasteiger partial charge in [-0.25, -0.2) is 4.79 Å². The van der Waals surface area contributed by atoms with E-state index in [0.29, 0.717) is 11.5 Å². The van der Waals surface area contributed by atoms with Crippen LogP contribution in [0.1, 0.15) is 34.7 Å². The summed E-state index contributed by atoms with van der Waals surface area (Å²) < 4.78 is 0. The maximum atomic E-state index is 11.0. The summed E-state index contributed by atoms with van der Waals surface area (Å²) in [6.07, 6.45) is 4.34. The molecule has 1 fully saturated rings. The van der Waals surface area contributed by atoms with Crippen LogP contribution in [0.15, 0.2) is 54.7 Å². The second kappa shape index (κ2) is 4.95. The molecular formula is C19H15NO2. The van der Waals surface area contributed by atoms with Crippen LogP contribution in [0.25, 0.3) is 22.0 Å². The zero-order valence-electron chi connectivity index (χ0n) is 12.0. The van der Waals surface area contributed by atoms with Gasteiger partial charge in [0.2, 0.25) is 0 Å². The maximum Gasteiger partial charge on any atom is 0.335 e. The molecule has 0 spiro atoms. The van der Waals surface area contributed by atoms with Crippen molar-refractivity contribution >= 4 is 16.9 Å². The van der Waals surface area contributed by atoms with E-state index in [-0.39, 0.29) is 0 Å². The van der Waals surface area contributed by atoms with Gasteiger partial charge in [0.05, 0.1) is 11.1 Å². The van der Waals surface area contributed by atoms with Crippen LogP contribution in [0.3, 0.4) is 0 Å². The molecule has 2 aromatic carbocycles. The Bertz CT molecular complexity index is 864. The lowest BCUT2D eigenvalue weighted by atomic mass is 9.97. The Morgan fingerprint density at radius 1 is 1.05 bits per heavy atom. The van der Waals surface area contributed by atoms with Gasteiger partial charge in [-0.3, -0.25) is 4.98 Å². The Labute approximate surface area is 128 Å². The number of aromatic carboxylic acids is 1. The molecule has 108 valence electrons. The van der Waals surface area contributed by atoms with Gasteiger partial charge in [-0.15, -0.1) is 0 Å². The lowest BCUT2D eigenvalue weighted by Crippen LogP contribution is -1.95. The van der Waals surface area contributed by atoms with E-state index in [2.05, 4.69) is 23.2 Å². The topological polar surface area (TPSA) is 50.2 Å². The van der Waals surface area contributed by atoms with Gasteiger partial charge in [-0.05, 0) is 53.6 Å². The molecule has 3 aromatic rings. The van der Waals surface area contributed by atoms with Crippen LogP contribution < -0.4 is 0 Å². The molecule has 1 aliphatic rings. The minimum atomic E-state index is -0.901. The first kappa shape index (κ1) is 13.0. The molecule has 0 atom stereocenters. The lowest BCUT2D eigenvalue weighted by Gasteiger charge is -2.09. The Balaban J connectivity index is 1.88. The van der Waals surface area contributed by atoms with E-state index in [9.17, 15) is 4.79 Å². The summed E-state index contributed by atoms with van der Waals surface area (Å²) >= 11 is 0. The van der Waals surface area contributed by atoms with Gasteiger partial charge in [0, 0.05) is 11.6 Å². The zero-order valence-corrected chi connectivity index (χ0v) is 12.0. The molecule has 22 heavy (non-hydrogen) atoms. The highest BCUT2D eigenvalue weighted by Crippen LogP contribution is 2.43. The van der Waals surface area contributed by atoms with Crippen LogP contribution >= 0.6 is 0 Å². The van der Waals surface area contributed by atoms with Gasteiger partial charge in [0.1, 0.15) is 0 Å². The molecule has 3 heteroatoms. The van der Waals surface area contributed by atoms with Gasteiger partial charge in [0.15, 0.2) is 0 Å². The zero-order chi connectivity index (χ0) is 15.1. The standard InChI is InChI=1S/C19H15NO2/c21-19(22)14-8-6-12(7-9-14)15-10-11-20-18-16(13-4-5-13)2-1-3-17(15)18/h1-3,6-11,13H,4-5H2,(H,21,22). The van der Waals surface area contributed by atoms with Crippen LogP contribution in [0, 0.1) is 0 Å². The highest BCUT2D eigenvalue weighted by atomic mass is 16.4. The number of rotatable bonds is 3. The van der Waals surface area contributed by atoms with Crippen LogP contribution in [0.2, 0.25) is 0 Å². The van der Waals surface area contributed by atoms with E-state index in [1.165, 1.54) is 18.4 Å². The largest absolute Gasteiger partial charge is 0.478 e. The molecule has 1 heterocycles.